The molecule has 1 aromatic heterocycles. The lowest BCUT2D eigenvalue weighted by Gasteiger charge is -2.13. The van der Waals surface area contributed by atoms with E-state index in [9.17, 15) is 17.2 Å². The zero-order valence-corrected chi connectivity index (χ0v) is 13.3. The molecule has 2 aromatic rings. The SMILES string of the molecule is CCn1cc(C(C)NS(=O)(=O)c2ccc(F)c(F)c2)c(C)n1. The van der Waals surface area contributed by atoms with Crippen molar-refractivity contribution in [2.24, 2.45) is 0 Å². The Labute approximate surface area is 128 Å². The summed E-state index contributed by atoms with van der Waals surface area (Å²) in [6, 6.07) is 1.93. The average molecular weight is 329 g/mol. The van der Waals surface area contributed by atoms with E-state index in [2.05, 4.69) is 9.82 Å². The summed E-state index contributed by atoms with van der Waals surface area (Å²) in [6.07, 6.45) is 1.76. The van der Waals surface area contributed by atoms with Crippen LogP contribution in [0.25, 0.3) is 0 Å². The van der Waals surface area contributed by atoms with Gasteiger partial charge in [0.05, 0.1) is 10.6 Å². The van der Waals surface area contributed by atoms with Gasteiger partial charge < -0.3 is 0 Å². The normalized spacial score (nSPS) is 13.3. The molecular formula is C14H17F2N3O2S. The van der Waals surface area contributed by atoms with Crippen molar-refractivity contribution in [1.29, 1.82) is 0 Å². The van der Waals surface area contributed by atoms with Crippen molar-refractivity contribution in [3.63, 3.8) is 0 Å². The van der Waals surface area contributed by atoms with E-state index in [1.807, 2.05) is 6.92 Å². The molecule has 0 amide bonds. The minimum atomic E-state index is -3.95. The lowest BCUT2D eigenvalue weighted by molar-refractivity contribution is 0.503. The minimum absolute atomic E-state index is 0.321. The highest BCUT2D eigenvalue weighted by molar-refractivity contribution is 7.89. The van der Waals surface area contributed by atoms with Crippen LogP contribution < -0.4 is 4.72 Å². The molecule has 0 radical (unpaired) electrons. The van der Waals surface area contributed by atoms with E-state index in [4.69, 9.17) is 0 Å². The number of nitrogens with zero attached hydrogens (tertiary/aromatic N) is 2. The number of benzene rings is 1. The second-order valence-electron chi connectivity index (χ2n) is 4.94. The van der Waals surface area contributed by atoms with Crippen LogP contribution in [0.4, 0.5) is 8.78 Å². The highest BCUT2D eigenvalue weighted by atomic mass is 32.2. The first kappa shape index (κ1) is 16.6. The maximum Gasteiger partial charge on any atom is 0.241 e. The molecule has 0 saturated carbocycles. The summed E-state index contributed by atoms with van der Waals surface area (Å²) in [4.78, 5) is -0.321. The summed E-state index contributed by atoms with van der Waals surface area (Å²) in [6.45, 7) is 6.04. The zero-order valence-electron chi connectivity index (χ0n) is 12.5. The summed E-state index contributed by atoms with van der Waals surface area (Å²) in [5.74, 6) is -2.29. The molecule has 1 unspecified atom stereocenters. The van der Waals surface area contributed by atoms with Crippen molar-refractivity contribution in [2.45, 2.75) is 38.3 Å². The number of sulfonamides is 1. The molecule has 0 aliphatic heterocycles. The Hall–Kier alpha value is -1.80. The molecule has 0 saturated heterocycles. The molecule has 22 heavy (non-hydrogen) atoms. The summed E-state index contributed by atoms with van der Waals surface area (Å²) < 4.78 is 54.7. The van der Waals surface area contributed by atoms with Crippen LogP contribution >= 0.6 is 0 Å². The minimum Gasteiger partial charge on any atom is -0.272 e. The second-order valence-corrected chi connectivity index (χ2v) is 6.66. The van der Waals surface area contributed by atoms with Crippen LogP contribution in [0.2, 0.25) is 0 Å². The van der Waals surface area contributed by atoms with Gasteiger partial charge >= 0.3 is 0 Å². The number of hydrogen-bond acceptors (Lipinski definition) is 3. The lowest BCUT2D eigenvalue weighted by atomic mass is 10.1. The van der Waals surface area contributed by atoms with Gasteiger partial charge in [0, 0.05) is 24.3 Å². The molecule has 1 atom stereocenters. The molecule has 1 heterocycles. The topological polar surface area (TPSA) is 64.0 Å². The monoisotopic (exact) mass is 329 g/mol. The number of halogens is 2. The van der Waals surface area contributed by atoms with Crippen LogP contribution in [0.1, 0.15) is 31.1 Å². The second kappa shape index (κ2) is 6.13. The molecule has 120 valence electrons. The van der Waals surface area contributed by atoms with Crippen molar-refractivity contribution in [1.82, 2.24) is 14.5 Å². The first-order chi connectivity index (χ1) is 10.2. The molecule has 2 rings (SSSR count). The fraction of sp³-hybridized carbons (Fsp3) is 0.357. The Morgan fingerprint density at radius 2 is 2.00 bits per heavy atom. The maximum atomic E-state index is 13.2. The van der Waals surface area contributed by atoms with E-state index < -0.39 is 27.7 Å². The van der Waals surface area contributed by atoms with Gasteiger partial charge in [0.1, 0.15) is 0 Å². The van der Waals surface area contributed by atoms with Crippen LogP contribution in [0.5, 0.6) is 0 Å². The molecule has 0 aliphatic rings. The van der Waals surface area contributed by atoms with Crippen LogP contribution in [0, 0.1) is 18.6 Å². The van der Waals surface area contributed by atoms with Gasteiger partial charge in [-0.3, -0.25) is 4.68 Å². The molecule has 0 spiro atoms. The quantitative estimate of drug-likeness (QED) is 0.917. The highest BCUT2D eigenvalue weighted by Crippen LogP contribution is 2.20. The third-order valence-corrected chi connectivity index (χ3v) is 4.85. The number of nitrogens with one attached hydrogen (secondary N) is 1. The third-order valence-electron chi connectivity index (χ3n) is 3.31. The third kappa shape index (κ3) is 3.33. The van der Waals surface area contributed by atoms with E-state index in [1.165, 1.54) is 0 Å². The summed E-state index contributed by atoms with van der Waals surface area (Å²) in [5, 5.41) is 4.25. The van der Waals surface area contributed by atoms with Gasteiger partial charge in [-0.15, -0.1) is 0 Å². The fourth-order valence-electron chi connectivity index (χ4n) is 2.13. The van der Waals surface area contributed by atoms with Gasteiger partial charge in [-0.05, 0) is 39.0 Å². The molecule has 1 aromatic carbocycles. The van der Waals surface area contributed by atoms with E-state index in [-0.39, 0.29) is 4.90 Å². The first-order valence-corrected chi connectivity index (χ1v) is 8.24. The number of aromatic nitrogens is 2. The lowest BCUT2D eigenvalue weighted by Crippen LogP contribution is -2.27. The maximum absolute atomic E-state index is 13.2. The van der Waals surface area contributed by atoms with Crippen molar-refractivity contribution >= 4 is 10.0 Å². The smallest absolute Gasteiger partial charge is 0.241 e. The Morgan fingerprint density at radius 3 is 2.55 bits per heavy atom. The van der Waals surface area contributed by atoms with Crippen LogP contribution in [-0.4, -0.2) is 18.2 Å². The molecule has 0 aliphatic carbocycles. The molecular weight excluding hydrogens is 312 g/mol. The van der Waals surface area contributed by atoms with Gasteiger partial charge in [0.15, 0.2) is 11.6 Å². The predicted molar refractivity (Wildman–Crippen MR) is 77.7 cm³/mol. The van der Waals surface area contributed by atoms with Crippen molar-refractivity contribution in [3.8, 4) is 0 Å². The van der Waals surface area contributed by atoms with Crippen molar-refractivity contribution in [3.05, 3.63) is 47.3 Å². The molecule has 5 nitrogen and oxygen atoms in total. The Kier molecular flexibility index (Phi) is 4.62. The standard InChI is InChI=1S/C14H17F2N3O2S/c1-4-19-8-12(9(2)17-19)10(3)18-22(20,21)11-5-6-13(15)14(16)7-11/h5-8,10,18H,4H2,1-3H3. The highest BCUT2D eigenvalue weighted by Gasteiger charge is 2.22. The average Bonchev–Trinajstić information content (AvgIpc) is 2.82. The van der Waals surface area contributed by atoms with E-state index in [0.717, 1.165) is 17.7 Å². The first-order valence-electron chi connectivity index (χ1n) is 6.76. The van der Waals surface area contributed by atoms with Crippen LogP contribution in [0.15, 0.2) is 29.3 Å². The van der Waals surface area contributed by atoms with Gasteiger partial charge in [-0.1, -0.05) is 0 Å². The predicted octanol–water partition coefficient (Wildman–Crippen LogP) is 2.53. The van der Waals surface area contributed by atoms with E-state index in [0.29, 0.717) is 18.3 Å². The Morgan fingerprint density at radius 1 is 1.32 bits per heavy atom. The van der Waals surface area contributed by atoms with Gasteiger partial charge in [0.25, 0.3) is 0 Å². The summed E-state index contributed by atoms with van der Waals surface area (Å²) >= 11 is 0. The van der Waals surface area contributed by atoms with E-state index in [1.54, 1.807) is 24.7 Å². The number of rotatable bonds is 5. The van der Waals surface area contributed by atoms with Crippen LogP contribution in [0.3, 0.4) is 0 Å². The molecule has 0 bridgehead atoms. The fourth-order valence-corrected chi connectivity index (χ4v) is 3.36. The van der Waals surface area contributed by atoms with Gasteiger partial charge in [-0.25, -0.2) is 21.9 Å². The van der Waals surface area contributed by atoms with Gasteiger partial charge in [-0.2, -0.15) is 5.10 Å². The zero-order chi connectivity index (χ0) is 16.5. The van der Waals surface area contributed by atoms with Crippen LogP contribution in [-0.2, 0) is 16.6 Å². The van der Waals surface area contributed by atoms with Gasteiger partial charge in [0.2, 0.25) is 10.0 Å². The largest absolute Gasteiger partial charge is 0.272 e. The van der Waals surface area contributed by atoms with Crippen molar-refractivity contribution < 1.29 is 17.2 Å². The van der Waals surface area contributed by atoms with E-state index >= 15 is 0 Å². The number of aryl methyl sites for hydroxylation is 2. The Bertz CT molecular complexity index is 787. The number of hydrogen-bond donors (Lipinski definition) is 1. The Balaban J connectivity index is 2.27. The van der Waals surface area contributed by atoms with Crippen molar-refractivity contribution in [2.75, 3.05) is 0 Å². The molecule has 1 N–H and O–H groups in total. The summed E-state index contributed by atoms with van der Waals surface area (Å²) in [7, 11) is -3.95. The summed E-state index contributed by atoms with van der Waals surface area (Å²) in [5.41, 5.74) is 1.44. The molecule has 0 fully saturated rings. The molecule has 8 heteroatoms.